The van der Waals surface area contributed by atoms with Crippen molar-refractivity contribution in [2.75, 3.05) is 12.8 Å². The molecule has 0 radical (unpaired) electrons. The molecule has 7 nitrogen and oxygen atoms in total. The number of hydrogen-bond acceptors (Lipinski definition) is 4. The molecule has 0 aliphatic heterocycles. The lowest BCUT2D eigenvalue weighted by atomic mass is 10.0. The van der Waals surface area contributed by atoms with Gasteiger partial charge >= 0.3 is 11.9 Å². The van der Waals surface area contributed by atoms with Crippen LogP contribution in [0.25, 0.3) is 0 Å². The molecule has 18 heavy (non-hydrogen) atoms. The molecule has 0 aliphatic carbocycles. The monoisotopic (exact) mass is 281 g/mol. The second-order valence-corrected chi connectivity index (χ2v) is 6.44. The summed E-state index contributed by atoms with van der Waals surface area (Å²) >= 11 is 0. The first-order valence-corrected chi connectivity index (χ1v) is 7.32. The summed E-state index contributed by atoms with van der Waals surface area (Å²) in [6.45, 7) is 3.21. The van der Waals surface area contributed by atoms with E-state index in [1.54, 1.807) is 13.8 Å². The van der Waals surface area contributed by atoms with Crippen LogP contribution in [-0.2, 0) is 19.6 Å². The molecule has 0 aromatic heterocycles. The van der Waals surface area contributed by atoms with Crippen molar-refractivity contribution in [3.63, 3.8) is 0 Å². The topological polar surface area (TPSA) is 112 Å². The quantitative estimate of drug-likeness (QED) is 0.658. The summed E-state index contributed by atoms with van der Waals surface area (Å²) < 4.78 is 23.8. The van der Waals surface area contributed by atoms with E-state index < -0.39 is 34.4 Å². The highest BCUT2D eigenvalue weighted by Crippen LogP contribution is 2.15. The zero-order chi connectivity index (χ0) is 14.5. The van der Waals surface area contributed by atoms with Gasteiger partial charge in [-0.3, -0.25) is 9.59 Å². The van der Waals surface area contributed by atoms with Crippen LogP contribution < -0.4 is 0 Å². The van der Waals surface area contributed by atoms with Crippen LogP contribution in [0.5, 0.6) is 0 Å². The number of hydrogen-bond donors (Lipinski definition) is 2. The van der Waals surface area contributed by atoms with Crippen molar-refractivity contribution in [3.8, 4) is 0 Å². The molecule has 0 aliphatic rings. The average Bonchev–Trinajstić information content (AvgIpc) is 2.12. The van der Waals surface area contributed by atoms with Crippen molar-refractivity contribution in [3.05, 3.63) is 0 Å². The largest absolute Gasteiger partial charge is 0.481 e. The first-order valence-electron chi connectivity index (χ1n) is 5.47. The fourth-order valence-electron chi connectivity index (χ4n) is 1.55. The zero-order valence-electron chi connectivity index (χ0n) is 10.7. The summed E-state index contributed by atoms with van der Waals surface area (Å²) in [4.78, 5) is 21.6. The third-order valence-corrected chi connectivity index (χ3v) is 3.59. The number of aliphatic carboxylic acids is 2. The Morgan fingerprint density at radius 2 is 1.72 bits per heavy atom. The highest BCUT2D eigenvalue weighted by atomic mass is 32.2. The summed E-state index contributed by atoms with van der Waals surface area (Å²) in [5, 5.41) is 17.6. The summed E-state index contributed by atoms with van der Waals surface area (Å²) in [6, 6.07) is -1.22. The molecule has 0 rings (SSSR count). The first kappa shape index (κ1) is 16.9. The number of rotatable bonds is 8. The highest BCUT2D eigenvalue weighted by molar-refractivity contribution is 7.88. The normalized spacial score (nSPS) is 13.8. The van der Waals surface area contributed by atoms with Gasteiger partial charge in [0.25, 0.3) is 0 Å². The standard InChI is InChI=1S/C10H19NO6S/c1-7(2)6-8(10(14)15)11(18(3,16)17)5-4-9(12)13/h7-8H,4-6H2,1-3H3,(H,12,13)(H,14,15). The third-order valence-electron chi connectivity index (χ3n) is 2.30. The Morgan fingerprint density at radius 3 is 2.00 bits per heavy atom. The summed E-state index contributed by atoms with van der Waals surface area (Å²) in [7, 11) is -3.76. The number of sulfonamides is 1. The maximum atomic E-state index is 11.5. The molecular weight excluding hydrogens is 262 g/mol. The lowest BCUT2D eigenvalue weighted by molar-refractivity contribution is -0.143. The molecule has 0 aromatic rings. The molecule has 0 bridgehead atoms. The van der Waals surface area contributed by atoms with Crippen LogP contribution in [0.3, 0.4) is 0 Å². The molecule has 1 atom stereocenters. The molecule has 0 aromatic carbocycles. The van der Waals surface area contributed by atoms with Crippen LogP contribution in [0.1, 0.15) is 26.7 Å². The van der Waals surface area contributed by atoms with E-state index in [4.69, 9.17) is 10.2 Å². The van der Waals surface area contributed by atoms with E-state index in [-0.39, 0.29) is 18.9 Å². The molecule has 1 unspecified atom stereocenters. The first-order chi connectivity index (χ1) is 8.05. The summed E-state index contributed by atoms with van der Waals surface area (Å²) in [5.74, 6) is -2.45. The van der Waals surface area contributed by atoms with Gasteiger partial charge in [0.1, 0.15) is 6.04 Å². The van der Waals surface area contributed by atoms with Crippen molar-refractivity contribution in [1.82, 2.24) is 4.31 Å². The van der Waals surface area contributed by atoms with Gasteiger partial charge in [0.15, 0.2) is 0 Å². The van der Waals surface area contributed by atoms with Gasteiger partial charge in [-0.15, -0.1) is 0 Å². The lowest BCUT2D eigenvalue weighted by Gasteiger charge is -2.27. The van der Waals surface area contributed by atoms with E-state index in [1.165, 1.54) is 0 Å². The van der Waals surface area contributed by atoms with Crippen LogP contribution in [0.4, 0.5) is 0 Å². The molecule has 0 amide bonds. The molecule has 2 N–H and O–H groups in total. The van der Waals surface area contributed by atoms with E-state index >= 15 is 0 Å². The zero-order valence-corrected chi connectivity index (χ0v) is 11.5. The van der Waals surface area contributed by atoms with Crippen LogP contribution in [-0.4, -0.2) is 53.7 Å². The number of carboxylic acid groups (broad SMARTS) is 2. The third kappa shape index (κ3) is 5.97. The number of nitrogens with zero attached hydrogens (tertiary/aromatic N) is 1. The van der Waals surface area contributed by atoms with Gasteiger partial charge in [0.2, 0.25) is 10.0 Å². The van der Waals surface area contributed by atoms with Gasteiger partial charge in [0, 0.05) is 6.54 Å². The minimum atomic E-state index is -3.76. The minimum Gasteiger partial charge on any atom is -0.481 e. The fraction of sp³-hybridized carbons (Fsp3) is 0.800. The van der Waals surface area contributed by atoms with Crippen molar-refractivity contribution < 1.29 is 28.2 Å². The predicted octanol–water partition coefficient (Wildman–Crippen LogP) is 0.222. The molecule has 106 valence electrons. The Bertz CT molecular complexity index is 403. The maximum Gasteiger partial charge on any atom is 0.322 e. The molecule has 0 heterocycles. The fourth-order valence-corrected chi connectivity index (χ4v) is 2.61. The van der Waals surface area contributed by atoms with Gasteiger partial charge in [-0.2, -0.15) is 4.31 Å². The van der Waals surface area contributed by atoms with Crippen LogP contribution in [0.2, 0.25) is 0 Å². The van der Waals surface area contributed by atoms with Gasteiger partial charge < -0.3 is 10.2 Å². The number of carbonyl (C=O) groups is 2. The average molecular weight is 281 g/mol. The summed E-state index contributed by atoms with van der Waals surface area (Å²) in [5.41, 5.74) is 0. The SMILES string of the molecule is CC(C)CC(C(=O)O)N(CCC(=O)O)S(C)(=O)=O. The molecule has 8 heteroatoms. The lowest BCUT2D eigenvalue weighted by Crippen LogP contribution is -2.46. The summed E-state index contributed by atoms with van der Waals surface area (Å²) in [6.07, 6.45) is 0.599. The van der Waals surface area contributed by atoms with Crippen LogP contribution in [0, 0.1) is 5.92 Å². The van der Waals surface area contributed by atoms with Crippen molar-refractivity contribution in [2.24, 2.45) is 5.92 Å². The second-order valence-electron chi connectivity index (χ2n) is 4.50. The van der Waals surface area contributed by atoms with Gasteiger partial charge in [0.05, 0.1) is 12.7 Å². The van der Waals surface area contributed by atoms with Gasteiger partial charge in [-0.05, 0) is 12.3 Å². The second kappa shape index (κ2) is 6.69. The Hall–Kier alpha value is -1.15. The van der Waals surface area contributed by atoms with Gasteiger partial charge in [-0.25, -0.2) is 8.42 Å². The Balaban J connectivity index is 5.11. The minimum absolute atomic E-state index is 0.0137. The Labute approximate surface area is 106 Å². The predicted molar refractivity (Wildman–Crippen MR) is 64.7 cm³/mol. The number of carboxylic acids is 2. The molecule has 0 spiro atoms. The van der Waals surface area contributed by atoms with E-state index in [9.17, 15) is 18.0 Å². The van der Waals surface area contributed by atoms with E-state index in [0.717, 1.165) is 10.6 Å². The maximum absolute atomic E-state index is 11.5. The van der Waals surface area contributed by atoms with Gasteiger partial charge in [-0.1, -0.05) is 13.8 Å². The van der Waals surface area contributed by atoms with Crippen LogP contribution in [0.15, 0.2) is 0 Å². The highest BCUT2D eigenvalue weighted by Gasteiger charge is 2.32. The Morgan fingerprint density at radius 1 is 1.22 bits per heavy atom. The van der Waals surface area contributed by atoms with Crippen molar-refractivity contribution >= 4 is 22.0 Å². The van der Waals surface area contributed by atoms with Crippen molar-refractivity contribution in [1.29, 1.82) is 0 Å². The molecule has 0 saturated carbocycles. The van der Waals surface area contributed by atoms with E-state index in [0.29, 0.717) is 0 Å². The van der Waals surface area contributed by atoms with E-state index in [1.807, 2.05) is 0 Å². The molecule has 0 saturated heterocycles. The van der Waals surface area contributed by atoms with Crippen LogP contribution >= 0.6 is 0 Å². The smallest absolute Gasteiger partial charge is 0.322 e. The van der Waals surface area contributed by atoms with E-state index in [2.05, 4.69) is 0 Å². The molecular formula is C10H19NO6S. The van der Waals surface area contributed by atoms with Crippen molar-refractivity contribution in [2.45, 2.75) is 32.7 Å². The Kier molecular flexibility index (Phi) is 6.27. The molecule has 0 fully saturated rings.